The van der Waals surface area contributed by atoms with Crippen LogP contribution >= 0.6 is 0 Å². The van der Waals surface area contributed by atoms with Crippen molar-refractivity contribution in [2.24, 2.45) is 11.8 Å². The summed E-state index contributed by atoms with van der Waals surface area (Å²) in [6, 6.07) is -0.845. The van der Waals surface area contributed by atoms with Gasteiger partial charge in [0.1, 0.15) is 36.6 Å². The van der Waals surface area contributed by atoms with Gasteiger partial charge in [-0.25, -0.2) is 0 Å². The summed E-state index contributed by atoms with van der Waals surface area (Å²) in [5, 5.41) is 91.4. The van der Waals surface area contributed by atoms with Crippen LogP contribution in [-0.4, -0.2) is 150 Å². The van der Waals surface area contributed by atoms with Gasteiger partial charge in [-0.3, -0.25) is 0 Å². The molecule has 37 heavy (non-hydrogen) atoms. The van der Waals surface area contributed by atoms with Gasteiger partial charge in [0.25, 0.3) is 0 Å². The van der Waals surface area contributed by atoms with Crippen LogP contribution in [0.4, 0.5) is 0 Å². The van der Waals surface area contributed by atoms with Crippen molar-refractivity contribution in [1.29, 1.82) is 0 Å². The van der Waals surface area contributed by atoms with Crippen LogP contribution in [0.3, 0.4) is 0 Å². The van der Waals surface area contributed by atoms with Gasteiger partial charge in [0.05, 0.1) is 44.2 Å². The molecule has 3 rings (SSSR count). The number of hydrogen-bond acceptors (Lipinski definition) is 13. The fourth-order valence-corrected chi connectivity index (χ4v) is 3.98. The Balaban J connectivity index is 0.000000518. The fourth-order valence-electron chi connectivity index (χ4n) is 3.98. The topological polar surface area (TPSA) is 254 Å². The Labute approximate surface area is 252 Å². The number of hydrogen-bond donors (Lipinski definition) is 10. The molecule has 0 aliphatic carbocycles. The van der Waals surface area contributed by atoms with E-state index in [0.29, 0.717) is 0 Å². The normalized spacial score (nSPS) is 47.9. The second kappa shape index (κ2) is 17.6. The van der Waals surface area contributed by atoms with Gasteiger partial charge >= 0.3 is 0 Å². The first-order valence-electron chi connectivity index (χ1n) is 12.0. The molecule has 3 aliphatic rings. The Morgan fingerprint density at radius 3 is 1.30 bits per heavy atom. The van der Waals surface area contributed by atoms with E-state index in [4.69, 9.17) is 40.4 Å². The number of aliphatic hydroxyl groups excluding tert-OH is 10. The summed E-state index contributed by atoms with van der Waals surface area (Å²) < 4.78 is 15.2. The molecule has 15 heteroatoms. The molecule has 3 heterocycles. The quantitative estimate of drug-likeness (QED) is 0.132. The zero-order valence-electron chi connectivity index (χ0n) is 21.6. The Kier molecular flexibility index (Phi) is 18.1. The predicted octanol–water partition coefficient (Wildman–Crippen LogP) is -3.91. The van der Waals surface area contributed by atoms with E-state index in [1.165, 1.54) is 0 Å². The van der Waals surface area contributed by atoms with Crippen LogP contribution in [0.2, 0.25) is 0 Å². The minimum Gasteiger partial charge on any atom is -0.670 e. The van der Waals surface area contributed by atoms with Gasteiger partial charge in [0.15, 0.2) is 6.29 Å². The number of ether oxygens (including phenoxy) is 3. The molecule has 3 aliphatic heterocycles. The molecule has 3 saturated heterocycles. The van der Waals surface area contributed by atoms with Gasteiger partial charge in [0, 0.05) is 62.0 Å². The smallest absolute Gasteiger partial charge is 0.160 e. The van der Waals surface area contributed by atoms with E-state index in [0.717, 1.165) is 0 Å². The average Bonchev–Trinajstić information content (AvgIpc) is 2.87. The summed E-state index contributed by atoms with van der Waals surface area (Å²) in [5.74, 6) is -0.634. The second-order valence-electron chi connectivity index (χ2n) is 9.56. The van der Waals surface area contributed by atoms with Crippen molar-refractivity contribution in [3.8, 4) is 0 Å². The Bertz CT molecular complexity index is 530. The van der Waals surface area contributed by atoms with Crippen LogP contribution < -0.4 is 0 Å². The van der Waals surface area contributed by atoms with Gasteiger partial charge in [0.2, 0.25) is 0 Å². The van der Waals surface area contributed by atoms with Crippen molar-refractivity contribution >= 4 is 0 Å². The van der Waals surface area contributed by atoms with E-state index >= 15 is 0 Å². The van der Waals surface area contributed by atoms with Crippen LogP contribution in [0.15, 0.2) is 0 Å². The van der Waals surface area contributed by atoms with Crippen molar-refractivity contribution in [3.05, 3.63) is 5.73 Å². The van der Waals surface area contributed by atoms with E-state index < -0.39 is 85.9 Å². The van der Waals surface area contributed by atoms with Gasteiger partial charge < -0.3 is 71.0 Å². The minimum absolute atomic E-state index is 0. The molecule has 0 aromatic carbocycles. The van der Waals surface area contributed by atoms with Crippen molar-refractivity contribution < 1.29 is 109 Å². The molecule has 3 fully saturated rings. The third-order valence-electron chi connectivity index (χ3n) is 6.97. The van der Waals surface area contributed by atoms with Crippen molar-refractivity contribution in [3.63, 3.8) is 0 Å². The molecule has 0 bridgehead atoms. The third kappa shape index (κ3) is 10.0. The summed E-state index contributed by atoms with van der Waals surface area (Å²) in [6.45, 7) is 5.82. The Hall–Kier alpha value is 0.882. The van der Waals surface area contributed by atoms with Crippen molar-refractivity contribution in [2.75, 3.05) is 19.8 Å². The molecule has 15 unspecified atom stereocenters. The standard InChI is InChI=1S/C8H16O4.C7H14NO4.C7H14O5.Ac/c1-4-5(2)12-6(3-9)8(11)7(4)10;1-3-5(8)7(11)6(10)4(2-9)12-3;1-3-5(9)6(10)4(2-8)12-7(3)11;/h4-11H,3H2,1-2H3;2*3-11H,2H2,1H3;/q;-1;;. The molecule has 0 saturated carbocycles. The third-order valence-corrected chi connectivity index (χ3v) is 6.97. The van der Waals surface area contributed by atoms with Gasteiger partial charge in [-0.1, -0.05) is 19.9 Å². The summed E-state index contributed by atoms with van der Waals surface area (Å²) in [4.78, 5) is 0. The molecule has 0 amide bonds. The van der Waals surface area contributed by atoms with Crippen LogP contribution in [0, 0.1) is 55.9 Å². The largest absolute Gasteiger partial charge is 0.670 e. The molecule has 14 nitrogen and oxygen atoms in total. The Morgan fingerprint density at radius 2 is 0.865 bits per heavy atom. The summed E-state index contributed by atoms with van der Waals surface area (Å²) in [6.07, 6.45) is -10.3. The summed E-state index contributed by atoms with van der Waals surface area (Å²) >= 11 is 0. The van der Waals surface area contributed by atoms with Crippen LogP contribution in [-0.2, 0) is 14.2 Å². The maximum atomic E-state index is 9.48. The van der Waals surface area contributed by atoms with E-state index in [9.17, 15) is 30.6 Å². The molecule has 0 spiro atoms. The summed E-state index contributed by atoms with van der Waals surface area (Å²) in [5.41, 5.74) is 7.36. The Morgan fingerprint density at radius 1 is 0.514 bits per heavy atom. The number of rotatable bonds is 3. The molecule has 11 N–H and O–H groups in total. The molecule has 0 aromatic rings. The van der Waals surface area contributed by atoms with Crippen LogP contribution in [0.1, 0.15) is 27.7 Å². The molecular weight excluding hydrogens is 713 g/mol. The van der Waals surface area contributed by atoms with E-state index in [2.05, 4.69) is 0 Å². The van der Waals surface area contributed by atoms with Gasteiger partial charge in [-0.05, 0) is 13.8 Å². The van der Waals surface area contributed by atoms with E-state index in [1.807, 2.05) is 13.8 Å². The fraction of sp³-hybridized carbons (Fsp3) is 1.00. The molecule has 15 atom stereocenters. The van der Waals surface area contributed by atoms with Crippen molar-refractivity contribution in [1.82, 2.24) is 0 Å². The average molecular weight is 758 g/mol. The maximum absolute atomic E-state index is 9.48. The SMILES string of the molecule is CC1C(O)OC(CO)C(O)C1O.CC1OC(CO)C(O)C(O)C1C.CC1OC(CO)C(O)C(O)C1[NH-].[Ac]. The molecular formula is C22H44AcNO13-. The van der Waals surface area contributed by atoms with Gasteiger partial charge in [-0.15, -0.1) is 0 Å². The predicted molar refractivity (Wildman–Crippen MR) is 123 cm³/mol. The van der Waals surface area contributed by atoms with Crippen molar-refractivity contribution in [2.45, 2.75) is 107 Å². The first-order valence-corrected chi connectivity index (χ1v) is 12.0. The van der Waals surface area contributed by atoms with E-state index in [-0.39, 0.29) is 69.3 Å². The zero-order valence-corrected chi connectivity index (χ0v) is 26.3. The molecule has 1 radical (unpaired) electrons. The van der Waals surface area contributed by atoms with Crippen LogP contribution in [0.25, 0.3) is 5.73 Å². The second-order valence-corrected chi connectivity index (χ2v) is 9.56. The number of nitrogens with one attached hydrogen (secondary N) is 1. The van der Waals surface area contributed by atoms with Gasteiger partial charge in [-0.2, -0.15) is 0 Å². The van der Waals surface area contributed by atoms with Crippen LogP contribution in [0.5, 0.6) is 0 Å². The first kappa shape index (κ1) is 37.9. The number of aliphatic hydroxyl groups is 10. The molecule has 0 aromatic heterocycles. The zero-order chi connectivity index (χ0) is 27.9. The monoisotopic (exact) mass is 757 g/mol. The summed E-state index contributed by atoms with van der Waals surface area (Å²) in [7, 11) is 0. The maximum Gasteiger partial charge on any atom is 0.160 e. The molecule has 219 valence electrons. The minimum atomic E-state index is -1.16. The first-order chi connectivity index (χ1) is 16.7. The van der Waals surface area contributed by atoms with E-state index in [1.54, 1.807) is 13.8 Å².